The van der Waals surface area contributed by atoms with E-state index in [-0.39, 0.29) is 0 Å². The van der Waals surface area contributed by atoms with Crippen molar-refractivity contribution in [2.24, 2.45) is 5.92 Å². The Morgan fingerprint density at radius 3 is 2.94 bits per heavy atom. The minimum atomic E-state index is 0.735. The van der Waals surface area contributed by atoms with Crippen LogP contribution in [-0.4, -0.2) is 64.1 Å². The molecule has 0 unspecified atom stereocenters. The van der Waals surface area contributed by atoms with Gasteiger partial charge in [0.1, 0.15) is 0 Å². The second-order valence-corrected chi connectivity index (χ2v) is 4.74. The predicted octanol–water partition coefficient (Wildman–Crippen LogP) is 0.335. The molecule has 4 heteroatoms. The molecule has 2 heterocycles. The molecule has 2 rings (SSSR count). The first-order valence-electron chi connectivity index (χ1n) is 6.54. The van der Waals surface area contributed by atoms with Crippen LogP contribution in [0.5, 0.6) is 0 Å². The molecular formula is C12H24N2O2. The normalized spacial score (nSPS) is 28.1. The van der Waals surface area contributed by atoms with Crippen LogP contribution in [0.3, 0.4) is 0 Å². The van der Waals surface area contributed by atoms with Crippen molar-refractivity contribution >= 4 is 0 Å². The lowest BCUT2D eigenvalue weighted by atomic mass is 10.0. The summed E-state index contributed by atoms with van der Waals surface area (Å²) in [6.45, 7) is 9.07. The van der Waals surface area contributed by atoms with Gasteiger partial charge in [0.05, 0.1) is 26.4 Å². The van der Waals surface area contributed by atoms with E-state index in [0.717, 1.165) is 58.5 Å². The Morgan fingerprint density at radius 1 is 1.31 bits per heavy atom. The molecule has 2 saturated heterocycles. The Kier molecular flexibility index (Phi) is 5.55. The van der Waals surface area contributed by atoms with E-state index >= 15 is 0 Å². The van der Waals surface area contributed by atoms with E-state index in [0.29, 0.717) is 0 Å². The summed E-state index contributed by atoms with van der Waals surface area (Å²) >= 11 is 0. The maximum Gasteiger partial charge on any atom is 0.0594 e. The highest BCUT2D eigenvalue weighted by Crippen LogP contribution is 2.09. The molecule has 94 valence electrons. The molecule has 2 aliphatic heterocycles. The Bertz CT molecular complexity index is 158. The van der Waals surface area contributed by atoms with E-state index in [9.17, 15) is 0 Å². The van der Waals surface area contributed by atoms with Crippen LogP contribution in [0.1, 0.15) is 12.8 Å². The first kappa shape index (κ1) is 12.3. The smallest absolute Gasteiger partial charge is 0.0594 e. The van der Waals surface area contributed by atoms with E-state index < -0.39 is 0 Å². The number of piperidine rings is 1. The van der Waals surface area contributed by atoms with E-state index in [4.69, 9.17) is 9.47 Å². The summed E-state index contributed by atoms with van der Waals surface area (Å²) < 4.78 is 11.1. The van der Waals surface area contributed by atoms with Crippen LogP contribution in [0, 0.1) is 5.92 Å². The lowest BCUT2D eigenvalue weighted by molar-refractivity contribution is 0.0145. The predicted molar refractivity (Wildman–Crippen MR) is 63.7 cm³/mol. The van der Waals surface area contributed by atoms with Crippen molar-refractivity contribution in [3.05, 3.63) is 0 Å². The van der Waals surface area contributed by atoms with Gasteiger partial charge in [-0.2, -0.15) is 0 Å². The molecule has 0 amide bonds. The minimum Gasteiger partial charge on any atom is -0.380 e. The van der Waals surface area contributed by atoms with Gasteiger partial charge in [0.15, 0.2) is 0 Å². The van der Waals surface area contributed by atoms with E-state index in [1.807, 2.05) is 0 Å². The van der Waals surface area contributed by atoms with E-state index in [1.54, 1.807) is 0 Å². The van der Waals surface area contributed by atoms with Crippen molar-refractivity contribution in [1.82, 2.24) is 10.2 Å². The fourth-order valence-electron chi connectivity index (χ4n) is 2.33. The summed E-state index contributed by atoms with van der Waals surface area (Å²) in [5.74, 6) is 0.735. The molecule has 0 spiro atoms. The SMILES string of the molecule is C1CNC[C@H](COCCN2CCOCC2)C1. The van der Waals surface area contributed by atoms with Gasteiger partial charge in [-0.1, -0.05) is 0 Å². The zero-order valence-corrected chi connectivity index (χ0v) is 10.1. The molecule has 0 aliphatic carbocycles. The molecule has 0 aromatic rings. The number of morpholine rings is 1. The number of rotatable bonds is 5. The number of ether oxygens (including phenoxy) is 2. The molecule has 16 heavy (non-hydrogen) atoms. The third-order valence-corrected chi connectivity index (χ3v) is 3.41. The van der Waals surface area contributed by atoms with Crippen LogP contribution >= 0.6 is 0 Å². The minimum absolute atomic E-state index is 0.735. The summed E-state index contributed by atoms with van der Waals surface area (Å²) in [5.41, 5.74) is 0. The fourth-order valence-corrected chi connectivity index (χ4v) is 2.33. The molecular weight excluding hydrogens is 204 g/mol. The molecule has 2 fully saturated rings. The third kappa shape index (κ3) is 4.37. The van der Waals surface area contributed by atoms with Crippen LogP contribution in [0.15, 0.2) is 0 Å². The maximum atomic E-state index is 5.75. The largest absolute Gasteiger partial charge is 0.380 e. The molecule has 1 N–H and O–H groups in total. The summed E-state index contributed by atoms with van der Waals surface area (Å²) in [5, 5.41) is 3.42. The first-order valence-corrected chi connectivity index (χ1v) is 6.54. The lowest BCUT2D eigenvalue weighted by Crippen LogP contribution is -2.39. The molecule has 0 saturated carbocycles. The van der Waals surface area contributed by atoms with Crippen LogP contribution < -0.4 is 5.32 Å². The summed E-state index contributed by atoms with van der Waals surface area (Å²) in [7, 11) is 0. The number of hydrogen-bond acceptors (Lipinski definition) is 4. The highest BCUT2D eigenvalue weighted by molar-refractivity contribution is 4.68. The lowest BCUT2D eigenvalue weighted by Gasteiger charge is -2.27. The van der Waals surface area contributed by atoms with Crippen molar-refractivity contribution in [1.29, 1.82) is 0 Å². The van der Waals surface area contributed by atoms with Crippen molar-refractivity contribution < 1.29 is 9.47 Å². The zero-order chi connectivity index (χ0) is 11.1. The summed E-state index contributed by atoms with van der Waals surface area (Å²) in [6.07, 6.45) is 2.63. The molecule has 1 atom stereocenters. The number of nitrogens with zero attached hydrogens (tertiary/aromatic N) is 1. The molecule has 0 bridgehead atoms. The standard InChI is InChI=1S/C12H24N2O2/c1-2-12(10-13-3-1)11-16-9-6-14-4-7-15-8-5-14/h12-13H,1-11H2/t12-/m1/s1. The van der Waals surface area contributed by atoms with Gasteiger partial charge in [0.25, 0.3) is 0 Å². The average Bonchev–Trinajstić information content (AvgIpc) is 2.37. The topological polar surface area (TPSA) is 33.7 Å². The van der Waals surface area contributed by atoms with Crippen molar-refractivity contribution in [3.63, 3.8) is 0 Å². The van der Waals surface area contributed by atoms with E-state index in [1.165, 1.54) is 19.4 Å². The molecule has 2 aliphatic rings. The van der Waals surface area contributed by atoms with Gasteiger partial charge in [-0.05, 0) is 25.3 Å². The maximum absolute atomic E-state index is 5.75. The zero-order valence-electron chi connectivity index (χ0n) is 10.1. The van der Waals surface area contributed by atoms with Crippen molar-refractivity contribution in [2.45, 2.75) is 12.8 Å². The highest BCUT2D eigenvalue weighted by atomic mass is 16.5. The van der Waals surface area contributed by atoms with Crippen LogP contribution in [0.4, 0.5) is 0 Å². The van der Waals surface area contributed by atoms with Crippen LogP contribution in [-0.2, 0) is 9.47 Å². The average molecular weight is 228 g/mol. The number of hydrogen-bond donors (Lipinski definition) is 1. The summed E-state index contributed by atoms with van der Waals surface area (Å²) in [6, 6.07) is 0. The summed E-state index contributed by atoms with van der Waals surface area (Å²) in [4.78, 5) is 2.42. The van der Waals surface area contributed by atoms with Gasteiger partial charge in [-0.25, -0.2) is 0 Å². The van der Waals surface area contributed by atoms with Gasteiger partial charge >= 0.3 is 0 Å². The second kappa shape index (κ2) is 7.22. The molecule has 0 aromatic heterocycles. The Morgan fingerprint density at radius 2 is 2.19 bits per heavy atom. The van der Waals surface area contributed by atoms with E-state index in [2.05, 4.69) is 10.2 Å². The van der Waals surface area contributed by atoms with Gasteiger partial charge in [-0.15, -0.1) is 0 Å². The van der Waals surface area contributed by atoms with Crippen LogP contribution in [0.25, 0.3) is 0 Å². The molecule has 0 aromatic carbocycles. The quantitative estimate of drug-likeness (QED) is 0.688. The van der Waals surface area contributed by atoms with Gasteiger partial charge in [0, 0.05) is 26.2 Å². The Hall–Kier alpha value is -0.160. The fraction of sp³-hybridized carbons (Fsp3) is 1.00. The number of nitrogens with one attached hydrogen (secondary N) is 1. The van der Waals surface area contributed by atoms with Crippen molar-refractivity contribution in [3.8, 4) is 0 Å². The second-order valence-electron chi connectivity index (χ2n) is 4.74. The van der Waals surface area contributed by atoms with Gasteiger partial charge in [0.2, 0.25) is 0 Å². The van der Waals surface area contributed by atoms with Crippen LogP contribution in [0.2, 0.25) is 0 Å². The molecule has 0 radical (unpaired) electrons. The molecule has 4 nitrogen and oxygen atoms in total. The Balaban J connectivity index is 1.47. The van der Waals surface area contributed by atoms with Crippen molar-refractivity contribution in [2.75, 3.05) is 59.2 Å². The van der Waals surface area contributed by atoms with Gasteiger partial charge in [-0.3, -0.25) is 4.90 Å². The highest BCUT2D eigenvalue weighted by Gasteiger charge is 2.13. The monoisotopic (exact) mass is 228 g/mol. The Labute approximate surface area is 98.3 Å². The first-order chi connectivity index (χ1) is 7.95. The van der Waals surface area contributed by atoms with Gasteiger partial charge < -0.3 is 14.8 Å². The third-order valence-electron chi connectivity index (χ3n) is 3.41.